The summed E-state index contributed by atoms with van der Waals surface area (Å²) < 4.78 is 0. The molecule has 0 aliphatic carbocycles. The molecule has 0 aliphatic heterocycles. The summed E-state index contributed by atoms with van der Waals surface area (Å²) >= 11 is 0. The van der Waals surface area contributed by atoms with Gasteiger partial charge in [0.1, 0.15) is 17.1 Å². The molecule has 0 fully saturated rings. The van der Waals surface area contributed by atoms with Crippen LogP contribution in [0.3, 0.4) is 0 Å². The van der Waals surface area contributed by atoms with Gasteiger partial charge in [0.05, 0.1) is 5.56 Å². The maximum Gasteiger partial charge on any atom is 0.337 e. The number of rotatable bonds is 5. The average Bonchev–Trinajstić information content (AvgIpc) is 3.00. The van der Waals surface area contributed by atoms with Gasteiger partial charge in [0, 0.05) is 29.7 Å². The Morgan fingerprint density at radius 1 is 0.732 bits per heavy atom. The van der Waals surface area contributed by atoms with Crippen LogP contribution in [-0.2, 0) is 17.1 Å². The molecule has 3 rings (SSSR count). The fourth-order valence-electron chi connectivity index (χ4n) is 2.50. The number of hydrogen-bond acceptors (Lipinski definition) is 5. The van der Waals surface area contributed by atoms with Crippen molar-refractivity contribution in [2.45, 2.75) is 82.1 Å². The van der Waals surface area contributed by atoms with Crippen molar-refractivity contribution in [1.82, 2.24) is 0 Å². The number of carbonyl (C=O) groups is 1. The summed E-state index contributed by atoms with van der Waals surface area (Å²) in [6.45, 7) is 20.5. The number of aromatic carboxylic acids is 1. The van der Waals surface area contributed by atoms with E-state index >= 15 is 0 Å². The molecule has 3 aromatic carbocycles. The van der Waals surface area contributed by atoms with Gasteiger partial charge in [0.2, 0.25) is 5.84 Å². The van der Waals surface area contributed by atoms with Crippen molar-refractivity contribution in [3.63, 3.8) is 0 Å². The van der Waals surface area contributed by atoms with Crippen molar-refractivity contribution in [2.24, 2.45) is 15.3 Å². The third-order valence-electron chi connectivity index (χ3n) is 3.89. The molecule has 0 aliphatic rings. The van der Waals surface area contributed by atoms with Gasteiger partial charge >= 0.3 is 5.97 Å². The Hall–Kier alpha value is -3.48. The van der Waals surface area contributed by atoms with Crippen molar-refractivity contribution in [1.29, 1.82) is 0 Å². The Kier molecular flexibility index (Phi) is 33.7. The molecule has 0 bridgehead atoms. The fourth-order valence-corrected chi connectivity index (χ4v) is 2.50. The second-order valence-corrected chi connectivity index (χ2v) is 7.24. The van der Waals surface area contributed by atoms with Crippen LogP contribution in [0.5, 0.6) is 5.75 Å². The van der Waals surface area contributed by atoms with Crippen LogP contribution in [-0.4, -0.2) is 29.1 Å². The van der Waals surface area contributed by atoms with Crippen molar-refractivity contribution >= 4 is 23.2 Å². The van der Waals surface area contributed by atoms with Crippen LogP contribution in [0.4, 0.5) is 11.4 Å². The largest absolute Gasteiger partial charge is 0.506 e. The predicted octanol–water partition coefficient (Wildman–Crippen LogP) is 10.6. The maximum atomic E-state index is 11.4. The van der Waals surface area contributed by atoms with E-state index in [4.69, 9.17) is 0 Å². The molecule has 0 amide bonds. The third kappa shape index (κ3) is 19.3. The minimum absolute atomic E-state index is 0. The van der Waals surface area contributed by atoms with Crippen LogP contribution < -0.4 is 5.01 Å². The first-order valence-corrected chi connectivity index (χ1v) is 14.3. The maximum absolute atomic E-state index is 11.4. The number of phenols is 1. The number of azo groups is 1. The zero-order valence-corrected chi connectivity index (χ0v) is 27.8. The Balaban J connectivity index is -0.000000461. The van der Waals surface area contributed by atoms with Gasteiger partial charge in [0.25, 0.3) is 0 Å². The molecule has 0 saturated heterocycles. The summed E-state index contributed by atoms with van der Waals surface area (Å²) in [4.78, 5) is 11.4. The standard InChI is InChI=1S/C21H18N4O3.2C3H8.3C2H6.Cu/c1-25(18-13-7-8-14-19(18)26)24-20(15-9-3-2-4-10-15)23-22-17-12-6-5-11-16(17)21(27)28;2*1-3-2;3*1-2;/h2-14,26H,1H3,(H,27,28);2*3H2,1-2H3;3*1-2H3;/b23-22?,24-20-;;;;;;. The molecule has 0 saturated carbocycles. The van der Waals surface area contributed by atoms with Crippen LogP contribution in [0.25, 0.3) is 0 Å². The second kappa shape index (κ2) is 31.1. The first-order chi connectivity index (χ1) is 19.4. The van der Waals surface area contributed by atoms with Gasteiger partial charge in [-0.3, -0.25) is 5.01 Å². The van der Waals surface area contributed by atoms with Crippen LogP contribution in [0.15, 0.2) is 94.2 Å². The molecular formula is C33H52CuN4O3. The fraction of sp³-hybridized carbons (Fsp3) is 0.394. The second-order valence-electron chi connectivity index (χ2n) is 7.24. The van der Waals surface area contributed by atoms with Crippen molar-refractivity contribution < 1.29 is 32.1 Å². The topological polar surface area (TPSA) is 97.9 Å². The number of carboxylic acids is 1. The summed E-state index contributed by atoms with van der Waals surface area (Å²) in [5, 5.41) is 33.6. The summed E-state index contributed by atoms with van der Waals surface area (Å²) in [6, 6.07) is 22.3. The van der Waals surface area contributed by atoms with Gasteiger partial charge < -0.3 is 10.2 Å². The zero-order chi connectivity index (χ0) is 31.3. The number of amidine groups is 1. The van der Waals surface area contributed by atoms with E-state index in [0.717, 1.165) is 0 Å². The molecule has 0 atom stereocenters. The first kappa shape index (κ1) is 44.5. The number of hydrazone groups is 1. The molecule has 0 spiro atoms. The number of nitrogens with zero attached hydrogens (tertiary/aromatic N) is 4. The van der Waals surface area contributed by atoms with E-state index in [9.17, 15) is 15.0 Å². The third-order valence-corrected chi connectivity index (χ3v) is 3.89. The van der Waals surface area contributed by atoms with E-state index in [0.29, 0.717) is 11.3 Å². The Labute approximate surface area is 259 Å². The molecule has 8 heteroatoms. The minimum atomic E-state index is -1.08. The molecule has 0 unspecified atom stereocenters. The molecule has 3 aromatic rings. The van der Waals surface area contributed by atoms with Gasteiger partial charge in [-0.2, -0.15) is 5.10 Å². The molecule has 0 aromatic heterocycles. The number of hydrogen-bond donors (Lipinski definition) is 2. The van der Waals surface area contributed by atoms with Gasteiger partial charge in [-0.25, -0.2) is 4.79 Å². The quantitative estimate of drug-likeness (QED) is 0.0980. The molecule has 7 nitrogen and oxygen atoms in total. The SMILES string of the molecule is CC.CC.CC.CCC.CCC.CN(/N=C(\N=Nc1ccccc1C(=O)O)c1ccccc1)c1ccccc1O.[Cu]. The first-order valence-electron chi connectivity index (χ1n) is 14.3. The summed E-state index contributed by atoms with van der Waals surface area (Å²) in [5.41, 5.74) is 1.47. The number of benzene rings is 3. The molecule has 0 heterocycles. The number of aromatic hydroxyl groups is 1. The number of phenolic OH excluding ortho intramolecular Hbond substituents is 1. The van der Waals surface area contributed by atoms with E-state index in [1.165, 1.54) is 23.9 Å². The van der Waals surface area contributed by atoms with Crippen LogP contribution in [0, 0.1) is 0 Å². The Morgan fingerprint density at radius 3 is 1.66 bits per heavy atom. The van der Waals surface area contributed by atoms with E-state index in [2.05, 4.69) is 43.0 Å². The van der Waals surface area contributed by atoms with Crippen LogP contribution in [0.2, 0.25) is 0 Å². The molecule has 41 heavy (non-hydrogen) atoms. The minimum Gasteiger partial charge on any atom is -0.506 e. The summed E-state index contributed by atoms with van der Waals surface area (Å²) in [7, 11) is 1.68. The normalized spacial score (nSPS) is 9.20. The van der Waals surface area contributed by atoms with E-state index in [1.807, 2.05) is 71.9 Å². The predicted molar refractivity (Wildman–Crippen MR) is 173 cm³/mol. The zero-order valence-electron chi connectivity index (χ0n) is 26.8. The van der Waals surface area contributed by atoms with Crippen molar-refractivity contribution in [2.75, 3.05) is 12.1 Å². The van der Waals surface area contributed by atoms with E-state index in [1.54, 1.807) is 49.5 Å². The molecule has 2 N–H and O–H groups in total. The summed E-state index contributed by atoms with van der Waals surface area (Å²) in [5.74, 6) is -0.736. The van der Waals surface area contributed by atoms with Crippen molar-refractivity contribution in [3.05, 3.63) is 90.0 Å². The van der Waals surface area contributed by atoms with E-state index in [-0.39, 0.29) is 39.9 Å². The smallest absolute Gasteiger partial charge is 0.337 e. The number of anilines is 1. The van der Waals surface area contributed by atoms with E-state index < -0.39 is 5.97 Å². The van der Waals surface area contributed by atoms with Gasteiger partial charge in [-0.05, 0) is 24.3 Å². The van der Waals surface area contributed by atoms with Gasteiger partial charge in [-0.15, -0.1) is 10.2 Å². The summed E-state index contributed by atoms with van der Waals surface area (Å²) in [6.07, 6.45) is 2.50. The molecular weight excluding hydrogens is 564 g/mol. The van der Waals surface area contributed by atoms with Crippen LogP contribution in [0.1, 0.15) is 98.0 Å². The number of carboxylic acid groups (broad SMARTS) is 1. The van der Waals surface area contributed by atoms with Crippen molar-refractivity contribution in [3.8, 4) is 5.75 Å². The Bertz CT molecular complexity index is 1070. The molecule has 1 radical (unpaired) electrons. The Morgan fingerprint density at radius 2 is 1.17 bits per heavy atom. The van der Waals surface area contributed by atoms with Gasteiger partial charge in [-0.1, -0.05) is 137 Å². The monoisotopic (exact) mass is 615 g/mol. The molecule has 233 valence electrons. The number of para-hydroxylation sites is 2. The average molecular weight is 616 g/mol. The van der Waals surface area contributed by atoms with Gasteiger partial charge in [0.15, 0.2) is 0 Å². The van der Waals surface area contributed by atoms with Crippen LogP contribution >= 0.6 is 0 Å².